The second-order valence-corrected chi connectivity index (χ2v) is 6.87. The molecule has 0 unspecified atom stereocenters. The molecule has 1 rings (SSSR count). The van der Waals surface area contributed by atoms with E-state index >= 15 is 0 Å². The Bertz CT molecular complexity index is 411. The van der Waals surface area contributed by atoms with Gasteiger partial charge in [0.15, 0.2) is 0 Å². The Balaban J connectivity index is 2.73. The summed E-state index contributed by atoms with van der Waals surface area (Å²) in [6, 6.07) is 0. The number of likely N-dealkylation sites (tertiary alicyclic amines) is 1. The van der Waals surface area contributed by atoms with Crippen LogP contribution < -0.4 is 0 Å². The topological polar surface area (TPSA) is 63.7 Å². The van der Waals surface area contributed by atoms with Crippen LogP contribution in [0, 0.1) is 5.41 Å². The number of amides is 1. The molecule has 1 amide bonds. The van der Waals surface area contributed by atoms with Crippen LogP contribution in [0.25, 0.3) is 0 Å². The van der Waals surface area contributed by atoms with Gasteiger partial charge in [0.25, 0.3) is 0 Å². The van der Waals surface area contributed by atoms with Crippen LogP contribution in [-0.2, 0) is 14.3 Å². The molecular weight excluding hydrogens is 258 g/mol. The van der Waals surface area contributed by atoms with E-state index in [9.17, 15) is 14.4 Å². The fourth-order valence-electron chi connectivity index (χ4n) is 2.39. The monoisotopic (exact) mass is 283 g/mol. The van der Waals surface area contributed by atoms with Crippen LogP contribution in [0.15, 0.2) is 0 Å². The fourth-order valence-corrected chi connectivity index (χ4v) is 2.39. The predicted molar refractivity (Wildman–Crippen MR) is 75.5 cm³/mol. The van der Waals surface area contributed by atoms with Crippen molar-refractivity contribution in [2.24, 2.45) is 5.41 Å². The lowest BCUT2D eigenvalue weighted by Gasteiger charge is -2.39. The number of Topliss-reactive ketones (excluding diaryl/α,β-unsaturated/α-hetero) is 2. The molecule has 0 bridgehead atoms. The lowest BCUT2D eigenvalue weighted by Crippen LogP contribution is -2.50. The molecule has 0 aromatic heterocycles. The van der Waals surface area contributed by atoms with E-state index in [4.69, 9.17) is 4.74 Å². The van der Waals surface area contributed by atoms with E-state index in [0.29, 0.717) is 19.5 Å². The molecule has 20 heavy (non-hydrogen) atoms. The second kappa shape index (κ2) is 5.94. The normalized spacial score (nSPS) is 23.4. The molecule has 1 atom stereocenters. The van der Waals surface area contributed by atoms with Crippen LogP contribution in [0.2, 0.25) is 0 Å². The predicted octanol–water partition coefficient (Wildman–Crippen LogP) is 2.57. The molecule has 5 heteroatoms. The van der Waals surface area contributed by atoms with Crippen molar-refractivity contribution in [3.8, 4) is 0 Å². The Morgan fingerprint density at radius 1 is 1.25 bits per heavy atom. The number of hydrogen-bond acceptors (Lipinski definition) is 4. The number of hydrogen-bond donors (Lipinski definition) is 0. The third-order valence-electron chi connectivity index (χ3n) is 3.43. The highest BCUT2D eigenvalue weighted by Crippen LogP contribution is 2.32. The van der Waals surface area contributed by atoms with E-state index < -0.39 is 11.0 Å². The van der Waals surface area contributed by atoms with Crippen molar-refractivity contribution < 1.29 is 19.1 Å². The van der Waals surface area contributed by atoms with Gasteiger partial charge in [-0.25, -0.2) is 4.79 Å². The molecule has 0 aromatic carbocycles. The number of piperidine rings is 1. The maximum absolute atomic E-state index is 12.2. The Kier molecular flexibility index (Phi) is 4.95. The molecule has 114 valence electrons. The van der Waals surface area contributed by atoms with Crippen molar-refractivity contribution >= 4 is 17.7 Å². The summed E-state index contributed by atoms with van der Waals surface area (Å²) >= 11 is 0. The largest absolute Gasteiger partial charge is 0.444 e. The number of carbonyl (C=O) groups is 3. The summed E-state index contributed by atoms with van der Waals surface area (Å²) in [5, 5.41) is 0. The Morgan fingerprint density at radius 2 is 1.85 bits per heavy atom. The molecule has 1 heterocycles. The zero-order valence-electron chi connectivity index (χ0n) is 13.1. The van der Waals surface area contributed by atoms with Crippen molar-refractivity contribution in [2.75, 3.05) is 13.1 Å². The Morgan fingerprint density at radius 3 is 2.35 bits per heavy atom. The van der Waals surface area contributed by atoms with Gasteiger partial charge in [0, 0.05) is 18.5 Å². The van der Waals surface area contributed by atoms with Crippen molar-refractivity contribution in [3.63, 3.8) is 0 Å². The van der Waals surface area contributed by atoms with Crippen LogP contribution in [0.1, 0.15) is 53.9 Å². The molecule has 1 saturated heterocycles. The number of carbonyl (C=O) groups excluding carboxylic acids is 3. The van der Waals surface area contributed by atoms with Gasteiger partial charge in [0.05, 0.1) is 6.42 Å². The number of ether oxygens (including phenoxy) is 1. The first-order valence-corrected chi connectivity index (χ1v) is 7.04. The molecule has 1 aliphatic rings. The summed E-state index contributed by atoms with van der Waals surface area (Å²) in [7, 11) is 0. The van der Waals surface area contributed by atoms with E-state index in [0.717, 1.165) is 6.42 Å². The van der Waals surface area contributed by atoms with Crippen LogP contribution in [0.3, 0.4) is 0 Å². The van der Waals surface area contributed by atoms with E-state index in [1.54, 1.807) is 4.90 Å². The van der Waals surface area contributed by atoms with E-state index in [-0.39, 0.29) is 24.1 Å². The zero-order valence-corrected chi connectivity index (χ0v) is 13.1. The first-order chi connectivity index (χ1) is 9.03. The lowest BCUT2D eigenvalue weighted by molar-refractivity contribution is -0.134. The lowest BCUT2D eigenvalue weighted by atomic mass is 9.76. The molecule has 0 radical (unpaired) electrons. The van der Waals surface area contributed by atoms with Gasteiger partial charge in [-0.1, -0.05) is 6.92 Å². The number of nitrogens with zero attached hydrogens (tertiary/aromatic N) is 1. The second-order valence-electron chi connectivity index (χ2n) is 6.87. The van der Waals surface area contributed by atoms with Gasteiger partial charge in [-0.05, 0) is 40.5 Å². The molecule has 0 spiro atoms. The first-order valence-electron chi connectivity index (χ1n) is 7.04. The van der Waals surface area contributed by atoms with Crippen LogP contribution in [-0.4, -0.2) is 41.3 Å². The van der Waals surface area contributed by atoms with Crippen LogP contribution in [0.4, 0.5) is 4.79 Å². The van der Waals surface area contributed by atoms with E-state index in [2.05, 4.69) is 0 Å². The quantitative estimate of drug-likeness (QED) is 0.747. The fraction of sp³-hybridized carbons (Fsp3) is 0.800. The highest BCUT2D eigenvalue weighted by Gasteiger charge is 2.40. The summed E-state index contributed by atoms with van der Waals surface area (Å²) in [5.41, 5.74) is -1.19. The van der Waals surface area contributed by atoms with Crippen molar-refractivity contribution in [2.45, 2.75) is 59.5 Å². The Labute approximate surface area is 120 Å². The van der Waals surface area contributed by atoms with Gasteiger partial charge in [0.1, 0.15) is 17.2 Å². The highest BCUT2D eigenvalue weighted by molar-refractivity contribution is 6.01. The third kappa shape index (κ3) is 4.62. The van der Waals surface area contributed by atoms with Gasteiger partial charge in [0.2, 0.25) is 0 Å². The average molecular weight is 283 g/mol. The van der Waals surface area contributed by atoms with Gasteiger partial charge in [-0.3, -0.25) is 9.59 Å². The first kappa shape index (κ1) is 16.7. The zero-order chi connectivity index (χ0) is 15.6. The smallest absolute Gasteiger partial charge is 0.410 e. The standard InChI is InChI=1S/C15H25NO4/c1-11(17)9-12(18)15(5)7-6-8-16(10-15)13(19)20-14(2,3)4/h6-10H2,1-5H3/t15-/m0/s1. The molecule has 0 N–H and O–H groups in total. The van der Waals surface area contributed by atoms with Crippen LogP contribution >= 0.6 is 0 Å². The maximum Gasteiger partial charge on any atom is 0.410 e. The average Bonchev–Trinajstić information content (AvgIpc) is 2.25. The van der Waals surface area contributed by atoms with E-state index in [1.807, 2.05) is 27.7 Å². The molecule has 0 aromatic rings. The number of rotatable bonds is 3. The minimum absolute atomic E-state index is 0.0569. The molecule has 1 fully saturated rings. The summed E-state index contributed by atoms with van der Waals surface area (Å²) in [5.74, 6) is -0.219. The van der Waals surface area contributed by atoms with Gasteiger partial charge in [-0.15, -0.1) is 0 Å². The van der Waals surface area contributed by atoms with E-state index in [1.165, 1.54) is 6.92 Å². The molecule has 1 aliphatic heterocycles. The molecule has 5 nitrogen and oxygen atoms in total. The van der Waals surface area contributed by atoms with Gasteiger partial charge < -0.3 is 9.64 Å². The highest BCUT2D eigenvalue weighted by atomic mass is 16.6. The van der Waals surface area contributed by atoms with Gasteiger partial charge in [-0.2, -0.15) is 0 Å². The summed E-state index contributed by atoms with van der Waals surface area (Å²) in [6.07, 6.45) is 1.01. The minimum atomic E-state index is -0.638. The molecule has 0 saturated carbocycles. The Hall–Kier alpha value is -1.39. The maximum atomic E-state index is 12.2. The SMILES string of the molecule is CC(=O)CC(=O)[C@@]1(C)CCCN(C(=O)OC(C)(C)C)C1. The summed E-state index contributed by atoms with van der Waals surface area (Å²) in [4.78, 5) is 36.9. The van der Waals surface area contributed by atoms with Crippen molar-refractivity contribution in [3.05, 3.63) is 0 Å². The molecule has 0 aliphatic carbocycles. The summed E-state index contributed by atoms with van der Waals surface area (Å²) in [6.45, 7) is 9.61. The number of ketones is 2. The molecular formula is C15H25NO4. The summed E-state index contributed by atoms with van der Waals surface area (Å²) < 4.78 is 5.34. The van der Waals surface area contributed by atoms with Crippen molar-refractivity contribution in [1.82, 2.24) is 4.90 Å². The third-order valence-corrected chi connectivity index (χ3v) is 3.43. The van der Waals surface area contributed by atoms with Crippen molar-refractivity contribution in [1.29, 1.82) is 0 Å². The van der Waals surface area contributed by atoms with Gasteiger partial charge >= 0.3 is 6.09 Å². The minimum Gasteiger partial charge on any atom is -0.444 e. The van der Waals surface area contributed by atoms with Crippen LogP contribution in [0.5, 0.6) is 0 Å².